The van der Waals surface area contributed by atoms with Crippen molar-refractivity contribution in [2.24, 2.45) is 0 Å². The fourth-order valence-corrected chi connectivity index (χ4v) is 2.77. The molecule has 140 valence electrons. The Morgan fingerprint density at radius 2 is 2.23 bits per heavy atom. The van der Waals surface area contributed by atoms with Gasteiger partial charge in [-0.2, -0.15) is 0 Å². The van der Waals surface area contributed by atoms with E-state index >= 15 is 0 Å². The third-order valence-corrected chi connectivity index (χ3v) is 3.89. The Bertz CT molecular complexity index is 710. The molecule has 1 fully saturated rings. The molecular weight excluding hydrogens is 346 g/mol. The largest absolute Gasteiger partial charge is 0.473 e. The summed E-state index contributed by atoms with van der Waals surface area (Å²) in [6, 6.07) is 2.39. The van der Waals surface area contributed by atoms with Crippen molar-refractivity contribution < 1.29 is 28.2 Å². The Labute approximate surface area is 151 Å². The predicted molar refractivity (Wildman–Crippen MR) is 93.5 cm³/mol. The topological polar surface area (TPSA) is 91.1 Å². The number of carbonyl (C=O) groups excluding carboxylic acids is 1. The van der Waals surface area contributed by atoms with Gasteiger partial charge in [0.1, 0.15) is 0 Å². The number of rotatable bonds is 7. The monoisotopic (exact) mass is 366 g/mol. The van der Waals surface area contributed by atoms with Crippen LogP contribution in [0.1, 0.15) is 18.4 Å². The Hall–Kier alpha value is -2.46. The summed E-state index contributed by atoms with van der Waals surface area (Å²) in [6.45, 7) is 0.949. The van der Waals surface area contributed by atoms with Gasteiger partial charge in [-0.05, 0) is 31.0 Å². The van der Waals surface area contributed by atoms with Crippen LogP contribution in [0.2, 0.25) is 0 Å². The molecule has 0 bridgehead atoms. The number of ether oxygens (including phenoxy) is 2. The Morgan fingerprint density at radius 1 is 1.46 bits per heavy atom. The number of nitro groups is 1. The molecule has 0 unspecified atom stereocenters. The number of carbonyl (C=O) groups is 1. The van der Waals surface area contributed by atoms with E-state index < -0.39 is 34.8 Å². The highest BCUT2D eigenvalue weighted by Crippen LogP contribution is 2.33. The number of hydrogen-bond donors (Lipinski definition) is 0. The number of hydrogen-bond acceptors (Lipinski definition) is 7. The van der Waals surface area contributed by atoms with Gasteiger partial charge in [0.2, 0.25) is 5.75 Å². The average Bonchev–Trinajstić information content (AvgIpc) is 2.60. The smallest absolute Gasteiger partial charge is 0.363 e. The van der Waals surface area contributed by atoms with Crippen molar-refractivity contribution in [2.75, 3.05) is 33.9 Å². The molecule has 1 aromatic carbocycles. The second kappa shape index (κ2) is 9.30. The van der Waals surface area contributed by atoms with Crippen LogP contribution in [0.25, 0.3) is 6.08 Å². The quantitative estimate of drug-likeness (QED) is 0.314. The van der Waals surface area contributed by atoms with Gasteiger partial charge >= 0.3 is 19.3 Å². The number of methoxy groups -OCH3 is 1. The summed E-state index contributed by atoms with van der Waals surface area (Å²) in [5.41, 5.74) is 0.865. The van der Waals surface area contributed by atoms with Gasteiger partial charge in [0, 0.05) is 19.7 Å². The second-order valence-corrected chi connectivity index (χ2v) is 5.85. The van der Waals surface area contributed by atoms with E-state index in [2.05, 4.69) is 9.55 Å². The van der Waals surface area contributed by atoms with Crippen LogP contribution in [0.5, 0.6) is 5.75 Å². The Kier molecular flexibility index (Phi) is 7.11. The SMILES string of the molecule is COBN1CCCC(=Cc2cc(F)c(OCC(=O)OC)c([N+](=O)[O-])c2)C1. The summed E-state index contributed by atoms with van der Waals surface area (Å²) in [7, 11) is 3.25. The number of esters is 1. The fraction of sp³-hybridized carbons (Fsp3) is 0.438. The van der Waals surface area contributed by atoms with Crippen LogP contribution in [0.15, 0.2) is 17.7 Å². The number of benzene rings is 1. The molecule has 26 heavy (non-hydrogen) atoms. The summed E-state index contributed by atoms with van der Waals surface area (Å²) >= 11 is 0. The van der Waals surface area contributed by atoms with Crippen LogP contribution >= 0.6 is 0 Å². The van der Waals surface area contributed by atoms with E-state index in [4.69, 9.17) is 9.39 Å². The zero-order chi connectivity index (χ0) is 19.1. The molecule has 0 saturated carbocycles. The van der Waals surface area contributed by atoms with Crippen LogP contribution in [0.3, 0.4) is 0 Å². The van der Waals surface area contributed by atoms with Crippen molar-refractivity contribution in [2.45, 2.75) is 12.8 Å². The molecule has 0 aliphatic carbocycles. The molecule has 1 heterocycles. The minimum absolute atomic E-state index is 0.369. The van der Waals surface area contributed by atoms with Gasteiger partial charge in [0.05, 0.1) is 12.0 Å². The molecule has 0 amide bonds. The van der Waals surface area contributed by atoms with Crippen molar-refractivity contribution >= 4 is 25.3 Å². The number of piperidine rings is 1. The summed E-state index contributed by atoms with van der Waals surface area (Å²) in [5, 5.41) is 11.3. The molecule has 0 aromatic heterocycles. The highest BCUT2D eigenvalue weighted by atomic mass is 19.1. The Balaban J connectivity index is 2.26. The molecule has 10 heteroatoms. The molecule has 0 radical (unpaired) electrons. The summed E-state index contributed by atoms with van der Waals surface area (Å²) in [6.07, 6.45) is 3.50. The van der Waals surface area contributed by atoms with Gasteiger partial charge in [-0.1, -0.05) is 11.6 Å². The molecule has 0 atom stereocenters. The minimum Gasteiger partial charge on any atom is -0.473 e. The van der Waals surface area contributed by atoms with Gasteiger partial charge in [0.15, 0.2) is 12.4 Å². The van der Waals surface area contributed by atoms with E-state index in [0.29, 0.717) is 19.7 Å². The summed E-state index contributed by atoms with van der Waals surface area (Å²) in [4.78, 5) is 23.7. The zero-order valence-electron chi connectivity index (χ0n) is 14.7. The van der Waals surface area contributed by atoms with Crippen LogP contribution in [0.4, 0.5) is 10.1 Å². The first-order valence-electron chi connectivity index (χ1n) is 8.03. The van der Waals surface area contributed by atoms with Crippen molar-refractivity contribution in [3.8, 4) is 5.75 Å². The maximum Gasteiger partial charge on any atom is 0.363 e. The van der Waals surface area contributed by atoms with Crippen LogP contribution in [-0.4, -0.2) is 57.2 Å². The first kappa shape index (κ1) is 19.9. The van der Waals surface area contributed by atoms with E-state index in [9.17, 15) is 19.3 Å². The molecule has 1 saturated heterocycles. The van der Waals surface area contributed by atoms with Gasteiger partial charge in [-0.3, -0.25) is 10.1 Å². The minimum atomic E-state index is -0.903. The summed E-state index contributed by atoms with van der Waals surface area (Å²) in [5.74, 6) is -2.24. The second-order valence-electron chi connectivity index (χ2n) is 5.85. The first-order chi connectivity index (χ1) is 12.4. The van der Waals surface area contributed by atoms with Crippen LogP contribution < -0.4 is 4.74 Å². The first-order valence-corrected chi connectivity index (χ1v) is 8.03. The molecule has 0 N–H and O–H groups in total. The van der Waals surface area contributed by atoms with Gasteiger partial charge in [-0.25, -0.2) is 9.18 Å². The maximum absolute atomic E-state index is 14.3. The zero-order valence-corrected chi connectivity index (χ0v) is 14.7. The molecule has 0 spiro atoms. The average molecular weight is 366 g/mol. The van der Waals surface area contributed by atoms with Gasteiger partial charge in [0.25, 0.3) is 0 Å². The van der Waals surface area contributed by atoms with Crippen molar-refractivity contribution in [3.63, 3.8) is 0 Å². The van der Waals surface area contributed by atoms with Crippen molar-refractivity contribution in [1.82, 2.24) is 4.81 Å². The van der Waals surface area contributed by atoms with Gasteiger partial charge < -0.3 is 18.9 Å². The lowest BCUT2D eigenvalue weighted by molar-refractivity contribution is -0.386. The highest BCUT2D eigenvalue weighted by Gasteiger charge is 2.23. The maximum atomic E-state index is 14.3. The summed E-state index contributed by atoms with van der Waals surface area (Å²) < 4.78 is 28.8. The third kappa shape index (κ3) is 5.27. The third-order valence-electron chi connectivity index (χ3n) is 3.89. The lowest BCUT2D eigenvalue weighted by Gasteiger charge is -2.27. The van der Waals surface area contributed by atoms with E-state index in [-0.39, 0.29) is 0 Å². The lowest BCUT2D eigenvalue weighted by atomic mass is 9.97. The molecular formula is C16H20BFN2O6. The molecule has 8 nitrogen and oxygen atoms in total. The van der Waals surface area contributed by atoms with E-state index in [0.717, 1.165) is 38.1 Å². The van der Waals surface area contributed by atoms with Crippen LogP contribution in [-0.2, 0) is 14.2 Å². The molecule has 1 aliphatic heterocycles. The van der Waals surface area contributed by atoms with E-state index in [1.807, 2.05) is 0 Å². The molecule has 1 aliphatic rings. The van der Waals surface area contributed by atoms with Crippen molar-refractivity contribution in [1.29, 1.82) is 0 Å². The predicted octanol–water partition coefficient (Wildman–Crippen LogP) is 1.68. The molecule has 2 rings (SSSR count). The number of halogens is 1. The number of nitro benzene ring substituents is 1. The van der Waals surface area contributed by atoms with Crippen molar-refractivity contribution in [3.05, 3.63) is 39.2 Å². The number of nitrogens with zero attached hydrogens (tertiary/aromatic N) is 2. The normalized spacial score (nSPS) is 16.3. The van der Waals surface area contributed by atoms with E-state index in [1.165, 1.54) is 6.07 Å². The lowest BCUT2D eigenvalue weighted by Crippen LogP contribution is -2.35. The molecule has 1 aromatic rings. The van der Waals surface area contributed by atoms with E-state index in [1.54, 1.807) is 13.2 Å². The highest BCUT2D eigenvalue weighted by molar-refractivity contribution is 6.23. The van der Waals surface area contributed by atoms with Gasteiger partial charge in [-0.15, -0.1) is 0 Å². The Morgan fingerprint density at radius 3 is 2.88 bits per heavy atom. The van der Waals surface area contributed by atoms with Crippen LogP contribution in [0, 0.1) is 15.9 Å². The fourth-order valence-electron chi connectivity index (χ4n) is 2.77. The standard InChI is InChI=1S/C16H20BFN2O6/c1-24-15(21)10-26-16-13(18)7-12(8-14(16)20(22)23)6-11-4-3-5-19(9-11)17-25-2/h6-8,17H,3-5,9-10H2,1-2H3.